The number of urea groups is 1. The van der Waals surface area contributed by atoms with Gasteiger partial charge in [0.1, 0.15) is 11.8 Å². The molecule has 0 aliphatic carbocycles. The number of rotatable bonds is 5. The van der Waals surface area contributed by atoms with Crippen LogP contribution >= 0.6 is 0 Å². The van der Waals surface area contributed by atoms with Gasteiger partial charge in [-0.15, -0.1) is 0 Å². The topological polar surface area (TPSA) is 79.5 Å². The van der Waals surface area contributed by atoms with E-state index >= 15 is 0 Å². The molecule has 0 bridgehead atoms. The Morgan fingerprint density at radius 1 is 1.13 bits per heavy atom. The fourth-order valence-corrected chi connectivity index (χ4v) is 1.63. The van der Waals surface area contributed by atoms with Crippen molar-refractivity contribution in [2.45, 2.75) is 45.9 Å². The minimum absolute atomic E-state index is 0.0103. The van der Waals surface area contributed by atoms with Gasteiger partial charge in [0.25, 0.3) is 0 Å². The van der Waals surface area contributed by atoms with Crippen molar-refractivity contribution >= 4 is 17.6 Å². The van der Waals surface area contributed by atoms with E-state index in [2.05, 4.69) is 20.7 Å². The fraction of sp³-hybridized carbons (Fsp3) is 0.467. The first-order valence-corrected chi connectivity index (χ1v) is 7.01. The molecule has 128 valence electrons. The van der Waals surface area contributed by atoms with E-state index in [1.54, 1.807) is 6.92 Å². The number of halogens is 2. The summed E-state index contributed by atoms with van der Waals surface area (Å²) in [4.78, 5) is 23.7. The Balaban J connectivity index is 2.51. The van der Waals surface area contributed by atoms with E-state index in [-0.39, 0.29) is 11.7 Å². The average molecular weight is 329 g/mol. The van der Waals surface area contributed by atoms with Gasteiger partial charge in [-0.05, 0) is 52.0 Å². The second kappa shape index (κ2) is 7.75. The zero-order valence-electron chi connectivity index (χ0n) is 13.4. The third-order valence-corrected chi connectivity index (χ3v) is 2.58. The first-order chi connectivity index (χ1) is 10.6. The van der Waals surface area contributed by atoms with Crippen LogP contribution in [0, 0.1) is 0 Å². The quantitative estimate of drug-likeness (QED) is 0.777. The molecule has 1 unspecified atom stereocenters. The van der Waals surface area contributed by atoms with Gasteiger partial charge in [0, 0.05) is 11.2 Å². The van der Waals surface area contributed by atoms with Crippen LogP contribution in [0.2, 0.25) is 0 Å². The second-order valence-electron chi connectivity index (χ2n) is 5.96. The van der Waals surface area contributed by atoms with Crippen molar-refractivity contribution in [1.82, 2.24) is 10.6 Å². The number of carbonyl (C=O) groups excluding carboxylic acids is 2. The largest absolute Gasteiger partial charge is 0.435 e. The zero-order valence-corrected chi connectivity index (χ0v) is 13.4. The standard InChI is InChI=1S/C15H21F2N3O3/c1-9(12(21)20-15(2,3)4)18-14(22)19-10-5-7-11(8-6-10)23-13(16)17/h5-9,13H,1-4H3,(H,20,21)(H2,18,19,22). The van der Waals surface area contributed by atoms with Crippen LogP contribution in [-0.4, -0.2) is 30.1 Å². The Kier molecular flexibility index (Phi) is 6.29. The monoisotopic (exact) mass is 329 g/mol. The van der Waals surface area contributed by atoms with E-state index in [0.717, 1.165) is 0 Å². The molecule has 0 aliphatic heterocycles. The summed E-state index contributed by atoms with van der Waals surface area (Å²) in [6.45, 7) is 4.15. The van der Waals surface area contributed by atoms with Gasteiger partial charge in [0.2, 0.25) is 5.91 Å². The van der Waals surface area contributed by atoms with E-state index in [4.69, 9.17) is 0 Å². The van der Waals surface area contributed by atoms with Gasteiger partial charge in [-0.1, -0.05) is 0 Å². The van der Waals surface area contributed by atoms with Crippen LogP contribution in [-0.2, 0) is 4.79 Å². The maximum atomic E-state index is 12.0. The Morgan fingerprint density at radius 2 is 1.70 bits per heavy atom. The lowest BCUT2D eigenvalue weighted by Crippen LogP contribution is -2.51. The summed E-state index contributed by atoms with van der Waals surface area (Å²) in [5, 5.41) is 7.73. The highest BCUT2D eigenvalue weighted by molar-refractivity contribution is 5.93. The highest BCUT2D eigenvalue weighted by atomic mass is 19.3. The summed E-state index contributed by atoms with van der Waals surface area (Å²) in [5.74, 6) is -0.322. The number of hydrogen-bond donors (Lipinski definition) is 3. The molecule has 0 spiro atoms. The van der Waals surface area contributed by atoms with E-state index in [9.17, 15) is 18.4 Å². The van der Waals surface area contributed by atoms with Crippen LogP contribution < -0.4 is 20.7 Å². The summed E-state index contributed by atoms with van der Waals surface area (Å²) in [6.07, 6.45) is 0. The minimum Gasteiger partial charge on any atom is -0.435 e. The second-order valence-corrected chi connectivity index (χ2v) is 5.96. The molecular weight excluding hydrogens is 308 g/mol. The summed E-state index contributed by atoms with van der Waals surface area (Å²) in [6, 6.07) is 4.13. The minimum atomic E-state index is -2.90. The number of hydrogen-bond acceptors (Lipinski definition) is 3. The van der Waals surface area contributed by atoms with Crippen LogP contribution in [0.15, 0.2) is 24.3 Å². The molecule has 6 nitrogen and oxygen atoms in total. The molecule has 1 aromatic rings. The van der Waals surface area contributed by atoms with Crippen molar-refractivity contribution in [1.29, 1.82) is 0 Å². The first kappa shape index (κ1) is 18.7. The molecule has 1 atom stereocenters. The first-order valence-electron chi connectivity index (χ1n) is 7.01. The molecule has 1 rings (SSSR count). The predicted octanol–water partition coefficient (Wildman–Crippen LogP) is 2.71. The molecule has 3 amide bonds. The third-order valence-electron chi connectivity index (χ3n) is 2.58. The van der Waals surface area contributed by atoms with Crippen molar-refractivity contribution in [3.05, 3.63) is 24.3 Å². The number of anilines is 1. The van der Waals surface area contributed by atoms with Gasteiger partial charge >= 0.3 is 12.6 Å². The number of carbonyl (C=O) groups is 2. The number of nitrogens with one attached hydrogen (secondary N) is 3. The summed E-state index contributed by atoms with van der Waals surface area (Å²) < 4.78 is 28.3. The van der Waals surface area contributed by atoms with Crippen molar-refractivity contribution in [2.24, 2.45) is 0 Å². The van der Waals surface area contributed by atoms with Gasteiger partial charge in [-0.2, -0.15) is 8.78 Å². The number of alkyl halides is 2. The number of amides is 3. The molecular formula is C15H21F2N3O3. The lowest BCUT2D eigenvalue weighted by Gasteiger charge is -2.23. The summed E-state index contributed by atoms with van der Waals surface area (Å²) in [7, 11) is 0. The SMILES string of the molecule is CC(NC(=O)Nc1ccc(OC(F)F)cc1)C(=O)NC(C)(C)C. The lowest BCUT2D eigenvalue weighted by molar-refractivity contribution is -0.123. The number of ether oxygens (including phenoxy) is 1. The molecule has 0 heterocycles. The zero-order chi connectivity index (χ0) is 17.6. The normalized spacial score (nSPS) is 12.5. The smallest absolute Gasteiger partial charge is 0.387 e. The number of benzene rings is 1. The van der Waals surface area contributed by atoms with E-state index in [0.29, 0.717) is 5.69 Å². The Bertz CT molecular complexity index is 542. The van der Waals surface area contributed by atoms with Gasteiger partial charge in [0.15, 0.2) is 0 Å². The molecule has 8 heteroatoms. The molecule has 0 radical (unpaired) electrons. The molecule has 1 aromatic carbocycles. The Hall–Kier alpha value is -2.38. The fourth-order valence-electron chi connectivity index (χ4n) is 1.63. The van der Waals surface area contributed by atoms with Crippen LogP contribution in [0.1, 0.15) is 27.7 Å². The molecule has 0 saturated carbocycles. The van der Waals surface area contributed by atoms with Crippen LogP contribution in [0.3, 0.4) is 0 Å². The van der Waals surface area contributed by atoms with Crippen molar-refractivity contribution in [2.75, 3.05) is 5.32 Å². The Labute approximate surface area is 133 Å². The molecule has 0 aliphatic rings. The third kappa shape index (κ3) is 7.44. The molecule has 0 saturated heterocycles. The molecule has 0 fully saturated rings. The van der Waals surface area contributed by atoms with Crippen molar-refractivity contribution in [3.8, 4) is 5.75 Å². The molecule has 23 heavy (non-hydrogen) atoms. The Morgan fingerprint density at radius 3 is 2.17 bits per heavy atom. The van der Waals surface area contributed by atoms with Crippen LogP contribution in [0.5, 0.6) is 5.75 Å². The van der Waals surface area contributed by atoms with Crippen LogP contribution in [0.25, 0.3) is 0 Å². The van der Waals surface area contributed by atoms with Crippen LogP contribution in [0.4, 0.5) is 19.3 Å². The maximum Gasteiger partial charge on any atom is 0.387 e. The summed E-state index contributed by atoms with van der Waals surface area (Å²) in [5.41, 5.74) is -0.0168. The van der Waals surface area contributed by atoms with E-state index in [1.807, 2.05) is 20.8 Å². The van der Waals surface area contributed by atoms with Gasteiger partial charge in [0.05, 0.1) is 0 Å². The predicted molar refractivity (Wildman–Crippen MR) is 82.6 cm³/mol. The van der Waals surface area contributed by atoms with Crippen molar-refractivity contribution < 1.29 is 23.1 Å². The lowest BCUT2D eigenvalue weighted by atomic mass is 10.1. The summed E-state index contributed by atoms with van der Waals surface area (Å²) >= 11 is 0. The molecule has 0 aromatic heterocycles. The highest BCUT2D eigenvalue weighted by Crippen LogP contribution is 2.17. The molecule has 3 N–H and O–H groups in total. The van der Waals surface area contributed by atoms with E-state index < -0.39 is 24.2 Å². The van der Waals surface area contributed by atoms with Crippen molar-refractivity contribution in [3.63, 3.8) is 0 Å². The van der Waals surface area contributed by atoms with Gasteiger partial charge in [-0.25, -0.2) is 4.79 Å². The maximum absolute atomic E-state index is 12.0. The van der Waals surface area contributed by atoms with Gasteiger partial charge < -0.3 is 20.7 Å². The average Bonchev–Trinajstić information content (AvgIpc) is 2.38. The van der Waals surface area contributed by atoms with E-state index in [1.165, 1.54) is 24.3 Å². The highest BCUT2D eigenvalue weighted by Gasteiger charge is 2.20. The van der Waals surface area contributed by atoms with Gasteiger partial charge in [-0.3, -0.25) is 4.79 Å².